The molecule has 1 aliphatic rings. The second-order valence-corrected chi connectivity index (χ2v) is 8.41. The van der Waals surface area contributed by atoms with E-state index in [4.69, 9.17) is 9.84 Å². The molecule has 0 heterocycles. The Hall–Kier alpha value is -2.05. The van der Waals surface area contributed by atoms with Crippen LogP contribution in [0.2, 0.25) is 0 Å². The molecule has 5 nitrogen and oxygen atoms in total. The van der Waals surface area contributed by atoms with Crippen LogP contribution in [0.5, 0.6) is 5.75 Å². The average molecular weight is 375 g/mol. The summed E-state index contributed by atoms with van der Waals surface area (Å²) in [5.74, 6) is 0.491. The van der Waals surface area contributed by atoms with Gasteiger partial charge in [0.15, 0.2) is 0 Å². The zero-order valence-corrected chi connectivity index (χ0v) is 15.8. The largest absolute Gasteiger partial charge is 0.489 e. The fourth-order valence-electron chi connectivity index (χ4n) is 3.44. The van der Waals surface area contributed by atoms with Crippen molar-refractivity contribution in [3.8, 4) is 5.75 Å². The van der Waals surface area contributed by atoms with Gasteiger partial charge in [-0.2, -0.15) is 0 Å². The molecule has 0 radical (unpaired) electrons. The lowest BCUT2D eigenvalue weighted by molar-refractivity contribution is 0.201. The predicted octanol–water partition coefficient (Wildman–Crippen LogP) is 3.50. The summed E-state index contributed by atoms with van der Waals surface area (Å²) in [5, 5.41) is 9.12. The van der Waals surface area contributed by atoms with E-state index in [1.165, 1.54) is 4.31 Å². The third kappa shape index (κ3) is 3.86. The number of sulfonamides is 1. The molecule has 1 fully saturated rings. The van der Waals surface area contributed by atoms with Gasteiger partial charge in [-0.05, 0) is 49.6 Å². The van der Waals surface area contributed by atoms with Gasteiger partial charge in [-0.1, -0.05) is 37.1 Å². The van der Waals surface area contributed by atoms with Crippen molar-refractivity contribution in [2.24, 2.45) is 0 Å². The highest BCUT2D eigenvalue weighted by Gasteiger charge is 2.35. The Kier molecular flexibility index (Phi) is 5.84. The lowest BCUT2D eigenvalue weighted by atomic mass is 10.1. The maximum Gasteiger partial charge on any atom is 0.264 e. The van der Waals surface area contributed by atoms with Crippen LogP contribution in [0.25, 0.3) is 0 Å². The Morgan fingerprint density at radius 3 is 2.46 bits per heavy atom. The monoisotopic (exact) mass is 375 g/mol. The van der Waals surface area contributed by atoms with E-state index in [9.17, 15) is 8.42 Å². The maximum atomic E-state index is 13.5. The van der Waals surface area contributed by atoms with Gasteiger partial charge in [-0.25, -0.2) is 8.42 Å². The molecule has 0 atom stereocenters. The highest BCUT2D eigenvalue weighted by Crippen LogP contribution is 2.39. The third-order valence-electron chi connectivity index (χ3n) is 4.66. The number of aliphatic hydroxyl groups is 1. The molecule has 3 rings (SSSR count). The smallest absolute Gasteiger partial charge is 0.264 e. The van der Waals surface area contributed by atoms with Gasteiger partial charge < -0.3 is 9.84 Å². The summed E-state index contributed by atoms with van der Waals surface area (Å²) in [4.78, 5) is 0.278. The summed E-state index contributed by atoms with van der Waals surface area (Å²) in [5.41, 5.74) is 1.52. The molecule has 1 aliphatic carbocycles. The van der Waals surface area contributed by atoms with Gasteiger partial charge in [-0.15, -0.1) is 0 Å². The first-order valence-electron chi connectivity index (χ1n) is 8.98. The second-order valence-electron chi connectivity index (χ2n) is 6.60. The van der Waals surface area contributed by atoms with Crippen LogP contribution in [-0.4, -0.2) is 32.8 Å². The molecule has 1 saturated carbocycles. The molecule has 140 valence electrons. The van der Waals surface area contributed by atoms with Gasteiger partial charge in [0.2, 0.25) is 0 Å². The molecular formula is C20H25NO4S. The highest BCUT2D eigenvalue weighted by molar-refractivity contribution is 7.92. The number of benzene rings is 2. The summed E-state index contributed by atoms with van der Waals surface area (Å²) in [6.07, 6.45) is 3.70. The molecular weight excluding hydrogens is 350 g/mol. The summed E-state index contributed by atoms with van der Waals surface area (Å²) in [6, 6.07) is 14.0. The molecule has 2 aromatic carbocycles. The molecule has 0 aliphatic heterocycles. The van der Waals surface area contributed by atoms with Crippen LogP contribution in [0.15, 0.2) is 53.4 Å². The van der Waals surface area contributed by atoms with E-state index < -0.39 is 10.0 Å². The first kappa shape index (κ1) is 18.7. The van der Waals surface area contributed by atoms with Crippen LogP contribution in [0.3, 0.4) is 0 Å². The molecule has 6 heteroatoms. The number of nitrogens with zero attached hydrogens (tertiary/aromatic N) is 1. The van der Waals surface area contributed by atoms with Crippen LogP contribution in [0, 0.1) is 6.92 Å². The molecule has 0 spiro atoms. The first-order valence-corrected chi connectivity index (χ1v) is 10.4. The average Bonchev–Trinajstić information content (AvgIpc) is 3.16. The molecule has 0 aromatic heterocycles. The maximum absolute atomic E-state index is 13.5. The SMILES string of the molecule is Cc1ccc(N(C2CCCC2)S(=O)(=O)c2ccccc2)c(OCCO)c1. The van der Waals surface area contributed by atoms with E-state index >= 15 is 0 Å². The number of hydrogen-bond donors (Lipinski definition) is 1. The van der Waals surface area contributed by atoms with E-state index in [0.717, 1.165) is 31.2 Å². The topological polar surface area (TPSA) is 66.8 Å². The minimum absolute atomic E-state index is 0.0839. The van der Waals surface area contributed by atoms with Crippen molar-refractivity contribution < 1.29 is 18.3 Å². The van der Waals surface area contributed by atoms with Gasteiger partial charge in [0.05, 0.1) is 17.2 Å². The van der Waals surface area contributed by atoms with E-state index in [0.29, 0.717) is 11.4 Å². The van der Waals surface area contributed by atoms with Crippen molar-refractivity contribution in [2.75, 3.05) is 17.5 Å². The van der Waals surface area contributed by atoms with Crippen LogP contribution in [0.4, 0.5) is 5.69 Å². The summed E-state index contributed by atoms with van der Waals surface area (Å²) >= 11 is 0. The Balaban J connectivity index is 2.11. The minimum atomic E-state index is -3.71. The van der Waals surface area contributed by atoms with Gasteiger partial charge in [0.1, 0.15) is 12.4 Å². The van der Waals surface area contributed by atoms with E-state index in [1.54, 1.807) is 36.4 Å². The van der Waals surface area contributed by atoms with E-state index in [1.807, 2.05) is 19.1 Å². The zero-order valence-electron chi connectivity index (χ0n) is 15.0. The number of ether oxygens (including phenoxy) is 1. The van der Waals surface area contributed by atoms with E-state index in [-0.39, 0.29) is 24.2 Å². The van der Waals surface area contributed by atoms with Crippen molar-refractivity contribution in [3.63, 3.8) is 0 Å². The Labute approximate surface area is 155 Å². The number of aliphatic hydroxyl groups excluding tert-OH is 1. The van der Waals surface area contributed by atoms with Crippen molar-refractivity contribution in [1.82, 2.24) is 0 Å². The Bertz CT molecular complexity index is 830. The molecule has 2 aromatic rings. The third-order valence-corrected chi connectivity index (χ3v) is 6.54. The van der Waals surface area contributed by atoms with Crippen molar-refractivity contribution in [3.05, 3.63) is 54.1 Å². The first-order chi connectivity index (χ1) is 12.5. The highest BCUT2D eigenvalue weighted by atomic mass is 32.2. The molecule has 0 saturated heterocycles. The lowest BCUT2D eigenvalue weighted by Crippen LogP contribution is -2.39. The van der Waals surface area contributed by atoms with Gasteiger partial charge >= 0.3 is 0 Å². The Morgan fingerprint density at radius 1 is 1.12 bits per heavy atom. The number of anilines is 1. The molecule has 1 N–H and O–H groups in total. The number of rotatable bonds is 7. The van der Waals surface area contributed by atoms with Gasteiger partial charge in [0, 0.05) is 6.04 Å². The molecule has 0 amide bonds. The lowest BCUT2D eigenvalue weighted by Gasteiger charge is -2.31. The quantitative estimate of drug-likeness (QED) is 0.804. The second kappa shape index (κ2) is 8.10. The summed E-state index contributed by atoms with van der Waals surface area (Å²) < 4.78 is 34.1. The number of aryl methyl sites for hydroxylation is 1. The Morgan fingerprint density at radius 2 is 1.81 bits per heavy atom. The molecule has 0 unspecified atom stereocenters. The van der Waals surface area contributed by atoms with Gasteiger partial charge in [0.25, 0.3) is 10.0 Å². The van der Waals surface area contributed by atoms with Crippen molar-refractivity contribution in [2.45, 2.75) is 43.5 Å². The van der Waals surface area contributed by atoms with Crippen LogP contribution < -0.4 is 9.04 Å². The summed E-state index contributed by atoms with van der Waals surface area (Å²) in [6.45, 7) is 1.93. The fourth-order valence-corrected chi connectivity index (χ4v) is 5.18. The molecule has 26 heavy (non-hydrogen) atoms. The normalized spacial score (nSPS) is 15.2. The fraction of sp³-hybridized carbons (Fsp3) is 0.400. The van der Waals surface area contributed by atoms with E-state index in [2.05, 4.69) is 0 Å². The standard InChI is InChI=1S/C20H25NO4S/c1-16-11-12-19(20(15-16)25-14-13-22)21(17-7-5-6-8-17)26(23,24)18-9-3-2-4-10-18/h2-4,9-12,15,17,22H,5-8,13-14H2,1H3. The number of hydrogen-bond acceptors (Lipinski definition) is 4. The van der Waals surface area contributed by atoms with Crippen molar-refractivity contribution >= 4 is 15.7 Å². The zero-order chi connectivity index (χ0) is 18.6. The van der Waals surface area contributed by atoms with Crippen molar-refractivity contribution in [1.29, 1.82) is 0 Å². The van der Waals surface area contributed by atoms with Crippen LogP contribution in [0.1, 0.15) is 31.2 Å². The molecule has 0 bridgehead atoms. The minimum Gasteiger partial charge on any atom is -0.489 e. The summed E-state index contributed by atoms with van der Waals surface area (Å²) in [7, 11) is -3.71. The van der Waals surface area contributed by atoms with Crippen LogP contribution in [-0.2, 0) is 10.0 Å². The van der Waals surface area contributed by atoms with Crippen LogP contribution >= 0.6 is 0 Å². The van der Waals surface area contributed by atoms with Gasteiger partial charge in [-0.3, -0.25) is 4.31 Å². The predicted molar refractivity (Wildman–Crippen MR) is 102 cm³/mol.